The highest BCUT2D eigenvalue weighted by Gasteiger charge is 1.82. The summed E-state index contributed by atoms with van der Waals surface area (Å²) in [6.45, 7) is 0.848. The highest BCUT2D eigenvalue weighted by atomic mass is 19.1. The molecule has 0 N–H and O–H groups in total. The van der Waals surface area contributed by atoms with Gasteiger partial charge in [-0.2, -0.15) is 0 Å². The molecule has 0 unspecified atom stereocenters. The molecule has 3 heteroatoms. The zero-order chi connectivity index (χ0) is 10.5. The highest BCUT2D eigenvalue weighted by molar-refractivity contribution is 5.13. The van der Waals surface area contributed by atoms with E-state index in [1.165, 1.54) is 6.92 Å². The van der Waals surface area contributed by atoms with Crippen molar-refractivity contribution in [3.63, 3.8) is 0 Å². The van der Waals surface area contributed by atoms with Gasteiger partial charge in [-0.15, -0.1) is 0 Å². The minimum absolute atomic E-state index is 0. The van der Waals surface area contributed by atoms with Crippen LogP contribution in [0, 0.1) is 0 Å². The number of hydrogen-bond acceptors (Lipinski definition) is 0. The molecule has 0 heterocycles. The van der Waals surface area contributed by atoms with E-state index >= 15 is 0 Å². The molecule has 0 aliphatic carbocycles. The Kier molecular flexibility index (Phi) is 36.5. The number of rotatable bonds is 1. The van der Waals surface area contributed by atoms with Crippen molar-refractivity contribution in [2.75, 3.05) is 13.9 Å². The Morgan fingerprint density at radius 2 is 1.27 bits per heavy atom. The van der Waals surface area contributed by atoms with Crippen molar-refractivity contribution in [1.29, 1.82) is 0 Å². The lowest BCUT2D eigenvalue weighted by Crippen LogP contribution is -1.72. The molecule has 0 fully saturated rings. The van der Waals surface area contributed by atoms with Gasteiger partial charge in [-0.1, -0.05) is 45.2 Å². The van der Waals surface area contributed by atoms with Crippen LogP contribution in [0.2, 0.25) is 0 Å². The van der Waals surface area contributed by atoms with E-state index in [1.54, 1.807) is 12.1 Å². The van der Waals surface area contributed by atoms with Crippen LogP contribution in [0.25, 0.3) is 0 Å². The Bertz CT molecular complexity index is 164. The zero-order valence-electron chi connectivity index (χ0n) is 7.93. The predicted molar refractivity (Wildman–Crippen MR) is 63.4 cm³/mol. The predicted octanol–water partition coefficient (Wildman–Crippen LogP) is 4.99. The zero-order valence-corrected chi connectivity index (χ0v) is 7.93. The molecule has 0 bridgehead atoms. The first-order valence-electron chi connectivity index (χ1n) is 3.88. The molecule has 0 saturated heterocycles. The SMILES string of the molecule is C.C.CCF.CF.FCc1ccccc1. The second-order valence-corrected chi connectivity index (χ2v) is 1.89. The molecule has 0 saturated carbocycles. The van der Waals surface area contributed by atoms with Gasteiger partial charge in [0.15, 0.2) is 0 Å². The lowest BCUT2D eigenvalue weighted by atomic mass is 10.2. The topological polar surface area (TPSA) is 0 Å². The number of hydrogen-bond donors (Lipinski definition) is 0. The summed E-state index contributed by atoms with van der Waals surface area (Å²) in [6.07, 6.45) is 0. The van der Waals surface area contributed by atoms with Gasteiger partial charge in [-0.05, 0) is 12.5 Å². The average molecular weight is 224 g/mol. The van der Waals surface area contributed by atoms with Crippen molar-refractivity contribution in [3.05, 3.63) is 35.9 Å². The largest absolute Gasteiger partial charge is 0.255 e. The van der Waals surface area contributed by atoms with Gasteiger partial charge in [0.05, 0.1) is 13.9 Å². The van der Waals surface area contributed by atoms with Crippen molar-refractivity contribution >= 4 is 0 Å². The molecule has 0 radical (unpaired) electrons. The van der Waals surface area contributed by atoms with Crippen LogP contribution >= 0.6 is 0 Å². The first kappa shape index (κ1) is 23.7. The van der Waals surface area contributed by atoms with Crippen LogP contribution in [0.3, 0.4) is 0 Å². The number of alkyl halides is 3. The normalized spacial score (nSPS) is 6.47. The van der Waals surface area contributed by atoms with Crippen LogP contribution in [0.4, 0.5) is 13.2 Å². The van der Waals surface area contributed by atoms with Crippen LogP contribution in [-0.2, 0) is 6.67 Å². The third-order valence-corrected chi connectivity index (χ3v) is 0.997. The Hall–Kier alpha value is -0.990. The van der Waals surface area contributed by atoms with Gasteiger partial charge >= 0.3 is 0 Å². The van der Waals surface area contributed by atoms with Gasteiger partial charge < -0.3 is 0 Å². The maximum Gasteiger partial charge on any atom is 0.115 e. The second kappa shape index (κ2) is 23.1. The number of halogens is 3. The van der Waals surface area contributed by atoms with E-state index in [1.807, 2.05) is 18.2 Å². The Labute approximate surface area is 92.1 Å². The Morgan fingerprint density at radius 3 is 1.47 bits per heavy atom. The maximum absolute atomic E-state index is 11.7. The second-order valence-electron chi connectivity index (χ2n) is 1.89. The molecule has 1 aromatic rings. The molecule has 0 amide bonds. The van der Waals surface area contributed by atoms with Crippen molar-refractivity contribution < 1.29 is 13.2 Å². The summed E-state index contributed by atoms with van der Waals surface area (Å²) in [5, 5.41) is 0. The van der Waals surface area contributed by atoms with E-state index in [0.717, 1.165) is 5.56 Å². The van der Waals surface area contributed by atoms with Crippen LogP contribution in [-0.4, -0.2) is 13.9 Å². The van der Waals surface area contributed by atoms with E-state index < -0.39 is 0 Å². The molecule has 1 rings (SSSR count). The summed E-state index contributed by atoms with van der Waals surface area (Å²) < 4.78 is 31.5. The van der Waals surface area contributed by atoms with E-state index in [4.69, 9.17) is 0 Å². The third-order valence-electron chi connectivity index (χ3n) is 0.997. The lowest BCUT2D eigenvalue weighted by molar-refractivity contribution is 0.485. The van der Waals surface area contributed by atoms with Crippen LogP contribution in [0.15, 0.2) is 30.3 Å². The molecule has 0 aliphatic heterocycles. The molecular weight excluding hydrogens is 201 g/mol. The quantitative estimate of drug-likeness (QED) is 0.630. The standard InChI is InChI=1S/C7H7F.C2H5F.CH3F.2CH4/c8-6-7-4-2-1-3-5-7;1-2-3;1-2;;/h1-5H,6H2;2H2,1H3;1H3;2*1H4. The minimum Gasteiger partial charge on any atom is -0.255 e. The molecule has 0 spiro atoms. The third kappa shape index (κ3) is 19.4. The fraction of sp³-hybridized carbons (Fsp3) is 0.500. The molecular formula is C12H23F3. The fourth-order valence-electron chi connectivity index (χ4n) is 0.567. The molecule has 0 aromatic heterocycles. The van der Waals surface area contributed by atoms with E-state index in [2.05, 4.69) is 0 Å². The molecule has 1 aromatic carbocycles. The molecule has 0 aliphatic rings. The molecule has 15 heavy (non-hydrogen) atoms. The van der Waals surface area contributed by atoms with Gasteiger partial charge in [0, 0.05) is 0 Å². The summed E-state index contributed by atoms with van der Waals surface area (Å²) in [6, 6.07) is 9.06. The average Bonchev–Trinajstić information content (AvgIpc) is 2.23. The van der Waals surface area contributed by atoms with Crippen molar-refractivity contribution in [1.82, 2.24) is 0 Å². The van der Waals surface area contributed by atoms with Gasteiger partial charge in [0.25, 0.3) is 0 Å². The maximum atomic E-state index is 11.7. The van der Waals surface area contributed by atoms with Crippen LogP contribution in [0.1, 0.15) is 27.3 Å². The van der Waals surface area contributed by atoms with Gasteiger partial charge in [0.1, 0.15) is 6.67 Å². The van der Waals surface area contributed by atoms with Gasteiger partial charge in [-0.3, -0.25) is 8.78 Å². The molecule has 0 atom stereocenters. The minimum atomic E-state index is -0.360. The summed E-state index contributed by atoms with van der Waals surface area (Å²) in [4.78, 5) is 0. The van der Waals surface area contributed by atoms with Gasteiger partial charge in [0.2, 0.25) is 0 Å². The Balaban J connectivity index is -0.0000000763. The van der Waals surface area contributed by atoms with Crippen molar-refractivity contribution in [2.24, 2.45) is 0 Å². The first-order valence-corrected chi connectivity index (χ1v) is 3.88. The monoisotopic (exact) mass is 224 g/mol. The van der Waals surface area contributed by atoms with Gasteiger partial charge in [-0.25, -0.2) is 4.39 Å². The highest BCUT2D eigenvalue weighted by Crippen LogP contribution is 1.98. The first-order chi connectivity index (χ1) is 6.35. The van der Waals surface area contributed by atoms with E-state index in [0.29, 0.717) is 7.18 Å². The summed E-state index contributed by atoms with van der Waals surface area (Å²) in [7, 11) is 0.500. The smallest absolute Gasteiger partial charge is 0.115 e. The van der Waals surface area contributed by atoms with E-state index in [-0.39, 0.29) is 28.2 Å². The molecule has 92 valence electrons. The fourth-order valence-corrected chi connectivity index (χ4v) is 0.567. The van der Waals surface area contributed by atoms with Crippen molar-refractivity contribution in [3.8, 4) is 0 Å². The lowest BCUT2D eigenvalue weighted by Gasteiger charge is -1.87. The molecule has 0 nitrogen and oxygen atoms in total. The van der Waals surface area contributed by atoms with Crippen molar-refractivity contribution in [2.45, 2.75) is 28.5 Å². The number of benzene rings is 1. The summed E-state index contributed by atoms with van der Waals surface area (Å²) in [5.74, 6) is 0. The van der Waals surface area contributed by atoms with Crippen LogP contribution in [0.5, 0.6) is 0 Å². The van der Waals surface area contributed by atoms with E-state index in [9.17, 15) is 13.2 Å². The van der Waals surface area contributed by atoms with Crippen LogP contribution < -0.4 is 0 Å². The Morgan fingerprint density at radius 1 is 0.933 bits per heavy atom. The summed E-state index contributed by atoms with van der Waals surface area (Å²) >= 11 is 0. The summed E-state index contributed by atoms with van der Waals surface area (Å²) in [5.41, 5.74) is 0.743.